The molecule has 0 bridgehead atoms. The summed E-state index contributed by atoms with van der Waals surface area (Å²) in [6.07, 6.45) is 3.64. The largest absolute Gasteiger partial charge is 0.480 e. The molecule has 3 rings (SSSR count). The van der Waals surface area contributed by atoms with Crippen LogP contribution in [-0.4, -0.2) is 96.6 Å². The fraction of sp³-hybridized carbons (Fsp3) is 0.590. The van der Waals surface area contributed by atoms with Gasteiger partial charge in [-0.15, -0.1) is 0 Å². The van der Waals surface area contributed by atoms with Crippen LogP contribution in [-0.2, 0) is 31.0 Å². The summed E-state index contributed by atoms with van der Waals surface area (Å²) in [5, 5.41) is 21.9. The van der Waals surface area contributed by atoms with Gasteiger partial charge in [-0.1, -0.05) is 94.8 Å². The molecule has 1 saturated heterocycles. The van der Waals surface area contributed by atoms with Gasteiger partial charge in [0.2, 0.25) is 17.7 Å². The summed E-state index contributed by atoms with van der Waals surface area (Å²) in [6.45, 7) is 10.9. The van der Waals surface area contributed by atoms with E-state index in [2.05, 4.69) is 52.1 Å². The minimum Gasteiger partial charge on any atom is -0.480 e. The highest BCUT2D eigenvalue weighted by Crippen LogP contribution is 2.22. The Morgan fingerprint density at radius 3 is 2.08 bits per heavy atom. The molecule has 12 nitrogen and oxygen atoms in total. The maximum atomic E-state index is 13.9. The van der Waals surface area contributed by atoms with E-state index in [0.29, 0.717) is 58.4 Å². The predicted molar refractivity (Wildman–Crippen MR) is 201 cm³/mol. The third-order valence-corrected chi connectivity index (χ3v) is 9.69. The maximum absolute atomic E-state index is 13.9. The Bertz CT molecular complexity index is 1380. The number of unbranched alkanes of at least 4 members (excludes halogenated alkanes) is 1. The van der Waals surface area contributed by atoms with Crippen molar-refractivity contribution in [1.82, 2.24) is 26.2 Å². The lowest BCUT2D eigenvalue weighted by atomic mass is 9.84. The molecule has 1 heterocycles. The third-order valence-electron chi connectivity index (χ3n) is 9.69. The number of carbonyl (C=O) groups excluding carboxylic acids is 3. The van der Waals surface area contributed by atoms with Gasteiger partial charge in [-0.25, -0.2) is 0 Å². The highest BCUT2D eigenvalue weighted by atomic mass is 16.4. The zero-order chi connectivity index (χ0) is 37.4. The summed E-state index contributed by atoms with van der Waals surface area (Å²) >= 11 is 0. The molecular weight excluding hydrogens is 646 g/mol. The van der Waals surface area contributed by atoms with E-state index in [4.69, 9.17) is 11.5 Å². The van der Waals surface area contributed by atoms with E-state index in [0.717, 1.165) is 24.0 Å². The molecule has 0 aliphatic carbocycles. The summed E-state index contributed by atoms with van der Waals surface area (Å²) < 4.78 is 0. The molecule has 3 atom stereocenters. The van der Waals surface area contributed by atoms with Crippen molar-refractivity contribution in [3.8, 4) is 0 Å². The fourth-order valence-corrected chi connectivity index (χ4v) is 6.47. The topological polar surface area (TPSA) is 192 Å². The van der Waals surface area contributed by atoms with E-state index in [1.807, 2.05) is 62.4 Å². The predicted octanol–water partition coefficient (Wildman–Crippen LogP) is 2.30. The van der Waals surface area contributed by atoms with Crippen molar-refractivity contribution in [2.75, 3.05) is 39.3 Å². The Balaban J connectivity index is 1.69. The summed E-state index contributed by atoms with van der Waals surface area (Å²) in [4.78, 5) is 54.8. The van der Waals surface area contributed by atoms with Crippen LogP contribution in [0.1, 0.15) is 77.3 Å². The van der Waals surface area contributed by atoms with E-state index in [9.17, 15) is 24.3 Å². The molecule has 0 saturated carbocycles. The number of hydrogen-bond donors (Lipinski definition) is 7. The molecule has 0 spiro atoms. The normalized spacial score (nSPS) is 16.5. The molecule has 3 amide bonds. The first-order chi connectivity index (χ1) is 24.2. The van der Waals surface area contributed by atoms with Crippen molar-refractivity contribution in [1.29, 1.82) is 0 Å². The lowest BCUT2D eigenvalue weighted by Crippen LogP contribution is -2.59. The number of hydrogen-bond acceptors (Lipinski definition) is 8. The van der Waals surface area contributed by atoms with Crippen LogP contribution in [0.4, 0.5) is 0 Å². The van der Waals surface area contributed by atoms with Crippen molar-refractivity contribution in [3.63, 3.8) is 0 Å². The van der Waals surface area contributed by atoms with Gasteiger partial charge in [0, 0.05) is 44.1 Å². The lowest BCUT2D eigenvalue weighted by molar-refractivity contribution is -0.145. The van der Waals surface area contributed by atoms with Gasteiger partial charge >= 0.3 is 5.97 Å². The number of aliphatic carboxylic acids is 1. The second kappa shape index (κ2) is 20.3. The maximum Gasteiger partial charge on any atom is 0.323 e. The van der Waals surface area contributed by atoms with E-state index >= 15 is 0 Å². The fourth-order valence-electron chi connectivity index (χ4n) is 6.47. The van der Waals surface area contributed by atoms with Gasteiger partial charge in [0.25, 0.3) is 0 Å². The molecule has 51 heavy (non-hydrogen) atoms. The number of carbonyl (C=O) groups is 4. The van der Waals surface area contributed by atoms with Gasteiger partial charge < -0.3 is 42.7 Å². The minimum atomic E-state index is -1.23. The van der Waals surface area contributed by atoms with E-state index in [-0.39, 0.29) is 42.2 Å². The molecule has 282 valence electrons. The minimum absolute atomic E-state index is 0.0312. The number of rotatable bonds is 21. The van der Waals surface area contributed by atoms with Crippen LogP contribution in [0, 0.1) is 5.92 Å². The number of likely N-dealkylation sites (tertiary alicyclic amines) is 1. The highest BCUT2D eigenvalue weighted by Gasteiger charge is 2.38. The van der Waals surface area contributed by atoms with Gasteiger partial charge in [0.05, 0.1) is 6.54 Å². The first kappa shape index (κ1) is 41.6. The van der Waals surface area contributed by atoms with Gasteiger partial charge in [0.15, 0.2) is 0 Å². The Kier molecular flexibility index (Phi) is 16.5. The molecular formula is C39H61N7O5. The average molecular weight is 708 g/mol. The number of nitrogens with two attached hydrogens (primary N) is 2. The first-order valence-corrected chi connectivity index (χ1v) is 18.4. The second-order valence-electron chi connectivity index (χ2n) is 15.1. The summed E-state index contributed by atoms with van der Waals surface area (Å²) in [5.74, 6) is -1.92. The monoisotopic (exact) mass is 707 g/mol. The number of amides is 3. The number of piperidine rings is 1. The van der Waals surface area contributed by atoms with E-state index in [1.54, 1.807) is 0 Å². The molecule has 12 heteroatoms. The number of carboxylic acid groups (broad SMARTS) is 1. The SMILES string of the molecule is CC(C)C[C@@H](NC(=O)[C@@H](Cc1ccccc1)NC(=O)CNCC(C)(C)c1ccccc1)C(=O)N[C@H](CCCCN)CN1CCC(N)(C(=O)O)CC1. The van der Waals surface area contributed by atoms with Crippen LogP contribution in [0.25, 0.3) is 0 Å². The molecule has 1 aliphatic heterocycles. The van der Waals surface area contributed by atoms with Crippen molar-refractivity contribution < 1.29 is 24.3 Å². The summed E-state index contributed by atoms with van der Waals surface area (Å²) in [7, 11) is 0. The molecule has 0 unspecified atom stereocenters. The Hall–Kier alpha value is -3.84. The van der Waals surface area contributed by atoms with Crippen LogP contribution in [0.3, 0.4) is 0 Å². The lowest BCUT2D eigenvalue weighted by Gasteiger charge is -2.38. The molecule has 0 radical (unpaired) electrons. The third kappa shape index (κ3) is 14.0. The summed E-state index contributed by atoms with van der Waals surface area (Å²) in [5.41, 5.74) is 12.4. The van der Waals surface area contributed by atoms with Gasteiger partial charge in [0.1, 0.15) is 17.6 Å². The highest BCUT2D eigenvalue weighted by molar-refractivity contribution is 5.92. The number of carboxylic acids is 1. The zero-order valence-corrected chi connectivity index (χ0v) is 31.0. The number of nitrogens with one attached hydrogen (secondary N) is 4. The summed E-state index contributed by atoms with van der Waals surface area (Å²) in [6, 6.07) is 17.6. The molecule has 1 aliphatic rings. The second-order valence-corrected chi connectivity index (χ2v) is 15.1. The van der Waals surface area contributed by atoms with Crippen LogP contribution >= 0.6 is 0 Å². The van der Waals surface area contributed by atoms with Gasteiger partial charge in [-0.3, -0.25) is 19.2 Å². The molecule has 9 N–H and O–H groups in total. The van der Waals surface area contributed by atoms with Crippen molar-refractivity contribution in [2.45, 2.75) is 102 Å². The van der Waals surface area contributed by atoms with Crippen molar-refractivity contribution >= 4 is 23.7 Å². The van der Waals surface area contributed by atoms with Crippen LogP contribution in [0.15, 0.2) is 60.7 Å². The van der Waals surface area contributed by atoms with E-state index in [1.165, 1.54) is 0 Å². The van der Waals surface area contributed by atoms with Gasteiger partial charge in [-0.05, 0) is 55.7 Å². The van der Waals surface area contributed by atoms with Crippen molar-refractivity contribution in [3.05, 3.63) is 71.8 Å². The molecule has 1 fully saturated rings. The van der Waals surface area contributed by atoms with Crippen LogP contribution in [0.5, 0.6) is 0 Å². The smallest absolute Gasteiger partial charge is 0.323 e. The molecule has 0 aromatic heterocycles. The van der Waals surface area contributed by atoms with Crippen molar-refractivity contribution in [2.24, 2.45) is 17.4 Å². The standard InChI is InChI=1S/C39H61N7O5/c1-28(2)23-32(35(48)43-31(17-11-12-20-40)26-46-21-18-39(41,19-22-46)37(50)51)45-36(49)33(24-29-13-7-5-8-14-29)44-34(47)25-42-27-38(3,4)30-15-9-6-10-16-30/h5-10,13-16,28,31-33,42H,11-12,17-27,40-41H2,1-4H3,(H,43,48)(H,44,47)(H,45,49)(H,50,51)/t31-,32-,33-/m1/s1. The molecule has 2 aromatic carbocycles. The molecule has 2 aromatic rings. The van der Waals surface area contributed by atoms with E-state index < -0.39 is 29.5 Å². The Labute approximate surface area is 303 Å². The quantitative estimate of drug-likeness (QED) is 0.0955. The van der Waals surface area contributed by atoms with Crippen LogP contribution in [0.2, 0.25) is 0 Å². The Morgan fingerprint density at radius 2 is 1.49 bits per heavy atom. The average Bonchev–Trinajstić information content (AvgIpc) is 3.09. The zero-order valence-electron chi connectivity index (χ0n) is 31.0. The van der Waals surface area contributed by atoms with Crippen LogP contribution < -0.4 is 32.7 Å². The number of nitrogens with zero attached hydrogens (tertiary/aromatic N) is 1. The Morgan fingerprint density at radius 1 is 0.882 bits per heavy atom. The first-order valence-electron chi connectivity index (χ1n) is 18.4. The number of benzene rings is 2. The van der Waals surface area contributed by atoms with Gasteiger partial charge in [-0.2, -0.15) is 0 Å².